The topological polar surface area (TPSA) is 42.0 Å². The number of nitrogens with one attached hydrogen (secondary N) is 1. The third-order valence-electron chi connectivity index (χ3n) is 2.41. The lowest BCUT2D eigenvalue weighted by Crippen LogP contribution is -2.14. The molecule has 0 fully saturated rings. The average Bonchev–Trinajstić information content (AvgIpc) is 2.78. The van der Waals surface area contributed by atoms with Crippen molar-refractivity contribution in [2.45, 2.75) is 12.7 Å². The minimum Gasteiger partial charge on any atom is -0.301 e. The lowest BCUT2D eigenvalue weighted by Gasteiger charge is -2.06. The molecule has 7 heteroatoms. The summed E-state index contributed by atoms with van der Waals surface area (Å²) in [4.78, 5) is 15.9. The standard InChI is InChI=1S/C13H12Cl2N2OS2/c1-8-5-20-13(16-8)17-12(18)7-19-6-9-10(14)3-2-4-11(9)15/h2-5H,6-7H2,1H3,(H,16,17,18). The number of hydrogen-bond donors (Lipinski definition) is 1. The molecule has 3 nitrogen and oxygen atoms in total. The van der Waals surface area contributed by atoms with Crippen LogP contribution in [0.5, 0.6) is 0 Å². The van der Waals surface area contributed by atoms with Crippen molar-refractivity contribution in [2.75, 3.05) is 11.1 Å². The molecule has 1 aromatic heterocycles. The Bertz CT molecular complexity index is 596. The highest BCUT2D eigenvalue weighted by atomic mass is 35.5. The molecule has 1 heterocycles. The van der Waals surface area contributed by atoms with Crippen molar-refractivity contribution < 1.29 is 4.79 Å². The van der Waals surface area contributed by atoms with Gasteiger partial charge in [0.2, 0.25) is 5.91 Å². The van der Waals surface area contributed by atoms with E-state index in [2.05, 4.69) is 10.3 Å². The van der Waals surface area contributed by atoms with E-state index in [1.54, 1.807) is 18.2 Å². The maximum Gasteiger partial charge on any atom is 0.236 e. The van der Waals surface area contributed by atoms with Crippen molar-refractivity contribution in [3.63, 3.8) is 0 Å². The quantitative estimate of drug-likeness (QED) is 0.857. The van der Waals surface area contributed by atoms with Crippen LogP contribution in [0.15, 0.2) is 23.6 Å². The number of thiazole rings is 1. The minimum absolute atomic E-state index is 0.0764. The zero-order valence-corrected chi connectivity index (χ0v) is 13.8. The molecular weight excluding hydrogens is 335 g/mol. The number of carbonyl (C=O) groups excluding carboxylic acids is 1. The molecule has 0 aliphatic carbocycles. The molecule has 0 aliphatic heterocycles. The summed E-state index contributed by atoms with van der Waals surface area (Å²) < 4.78 is 0. The van der Waals surface area contributed by atoms with E-state index in [1.165, 1.54) is 23.1 Å². The van der Waals surface area contributed by atoms with Crippen LogP contribution in [0.2, 0.25) is 10.0 Å². The maximum absolute atomic E-state index is 11.8. The Morgan fingerprint density at radius 2 is 2.10 bits per heavy atom. The zero-order chi connectivity index (χ0) is 14.5. The summed E-state index contributed by atoms with van der Waals surface area (Å²) in [6.07, 6.45) is 0. The van der Waals surface area contributed by atoms with Gasteiger partial charge in [0.25, 0.3) is 0 Å². The maximum atomic E-state index is 11.8. The largest absolute Gasteiger partial charge is 0.301 e. The van der Waals surface area contributed by atoms with Crippen molar-refractivity contribution in [1.29, 1.82) is 0 Å². The van der Waals surface area contributed by atoms with Crippen molar-refractivity contribution in [1.82, 2.24) is 4.98 Å². The van der Waals surface area contributed by atoms with E-state index in [-0.39, 0.29) is 5.91 Å². The molecule has 1 amide bonds. The van der Waals surface area contributed by atoms with Crippen LogP contribution in [0.25, 0.3) is 0 Å². The molecule has 20 heavy (non-hydrogen) atoms. The predicted octanol–water partition coefficient (Wildman–Crippen LogP) is 4.63. The first-order valence-electron chi connectivity index (χ1n) is 5.79. The predicted molar refractivity (Wildman–Crippen MR) is 88.1 cm³/mol. The van der Waals surface area contributed by atoms with Gasteiger partial charge in [-0.1, -0.05) is 29.3 Å². The number of nitrogens with zero attached hydrogens (tertiary/aromatic N) is 1. The van der Waals surface area contributed by atoms with Gasteiger partial charge >= 0.3 is 0 Å². The molecular formula is C13H12Cl2N2OS2. The fourth-order valence-corrected chi connectivity index (χ4v) is 3.75. The van der Waals surface area contributed by atoms with E-state index < -0.39 is 0 Å². The van der Waals surface area contributed by atoms with Crippen molar-refractivity contribution in [3.8, 4) is 0 Å². The van der Waals surface area contributed by atoms with Gasteiger partial charge in [0, 0.05) is 21.2 Å². The van der Waals surface area contributed by atoms with Gasteiger partial charge in [0.15, 0.2) is 5.13 Å². The fraction of sp³-hybridized carbons (Fsp3) is 0.231. The van der Waals surface area contributed by atoms with Crippen molar-refractivity contribution in [3.05, 3.63) is 44.9 Å². The minimum atomic E-state index is -0.0764. The molecule has 0 atom stereocenters. The molecule has 0 aliphatic rings. The number of halogens is 2. The molecule has 0 spiro atoms. The summed E-state index contributed by atoms with van der Waals surface area (Å²) in [6.45, 7) is 1.89. The summed E-state index contributed by atoms with van der Waals surface area (Å²) in [7, 11) is 0. The van der Waals surface area contributed by atoms with Crippen LogP contribution in [-0.4, -0.2) is 16.6 Å². The first-order valence-corrected chi connectivity index (χ1v) is 8.58. The summed E-state index contributed by atoms with van der Waals surface area (Å²) >= 11 is 15.0. The van der Waals surface area contributed by atoms with Gasteiger partial charge in [-0.15, -0.1) is 23.1 Å². The van der Waals surface area contributed by atoms with Crippen LogP contribution in [0.3, 0.4) is 0 Å². The Morgan fingerprint density at radius 1 is 1.40 bits per heavy atom. The monoisotopic (exact) mass is 346 g/mol. The van der Waals surface area contributed by atoms with E-state index in [9.17, 15) is 4.79 Å². The van der Waals surface area contributed by atoms with Crippen molar-refractivity contribution in [2.24, 2.45) is 0 Å². The van der Waals surface area contributed by atoms with Crippen LogP contribution in [0.1, 0.15) is 11.3 Å². The van der Waals surface area contributed by atoms with Gasteiger partial charge in [-0.25, -0.2) is 4.98 Å². The first-order chi connectivity index (χ1) is 9.56. The number of hydrogen-bond acceptors (Lipinski definition) is 4. The van der Waals surface area contributed by atoms with E-state index in [0.717, 1.165) is 11.3 Å². The van der Waals surface area contributed by atoms with Gasteiger partial charge in [-0.05, 0) is 24.6 Å². The molecule has 1 N–H and O–H groups in total. The third kappa shape index (κ3) is 4.38. The lowest BCUT2D eigenvalue weighted by molar-refractivity contribution is -0.113. The molecule has 0 saturated heterocycles. The summed E-state index contributed by atoms with van der Waals surface area (Å²) in [5.41, 5.74) is 1.76. The van der Waals surface area contributed by atoms with E-state index in [4.69, 9.17) is 23.2 Å². The number of carbonyl (C=O) groups is 1. The summed E-state index contributed by atoms with van der Waals surface area (Å²) in [5, 5.41) is 6.54. The van der Waals surface area contributed by atoms with Gasteiger partial charge in [-0.2, -0.15) is 0 Å². The summed E-state index contributed by atoms with van der Waals surface area (Å²) in [5.74, 6) is 0.857. The average molecular weight is 347 g/mol. The first kappa shape index (κ1) is 15.6. The van der Waals surface area contributed by atoms with E-state index in [0.29, 0.717) is 26.7 Å². The Balaban J connectivity index is 1.82. The highest BCUT2D eigenvalue weighted by Gasteiger charge is 2.09. The highest BCUT2D eigenvalue weighted by molar-refractivity contribution is 7.99. The normalized spacial score (nSPS) is 10.6. The Kier molecular flexibility index (Phi) is 5.72. The summed E-state index contributed by atoms with van der Waals surface area (Å²) in [6, 6.07) is 5.39. The molecule has 2 rings (SSSR count). The molecule has 0 saturated carbocycles. The molecule has 0 bridgehead atoms. The van der Waals surface area contributed by atoms with Gasteiger partial charge in [-0.3, -0.25) is 4.79 Å². The Hall–Kier alpha value is -0.750. The zero-order valence-electron chi connectivity index (χ0n) is 10.7. The number of amides is 1. The number of aryl methyl sites for hydroxylation is 1. The second-order valence-corrected chi connectivity index (χ2v) is 6.69. The molecule has 0 radical (unpaired) electrons. The number of anilines is 1. The third-order valence-corrected chi connectivity index (χ3v) is 4.95. The number of benzene rings is 1. The molecule has 1 aromatic carbocycles. The van der Waals surface area contributed by atoms with Crippen LogP contribution >= 0.6 is 46.3 Å². The van der Waals surface area contributed by atoms with Crippen LogP contribution in [0.4, 0.5) is 5.13 Å². The Morgan fingerprint density at radius 3 is 2.70 bits per heavy atom. The fourth-order valence-electron chi connectivity index (χ4n) is 1.48. The molecule has 2 aromatic rings. The number of rotatable bonds is 5. The van der Waals surface area contributed by atoms with E-state index in [1.807, 2.05) is 12.3 Å². The number of thioether (sulfide) groups is 1. The van der Waals surface area contributed by atoms with Gasteiger partial charge < -0.3 is 5.32 Å². The lowest BCUT2D eigenvalue weighted by atomic mass is 10.2. The van der Waals surface area contributed by atoms with Crippen LogP contribution in [-0.2, 0) is 10.5 Å². The highest BCUT2D eigenvalue weighted by Crippen LogP contribution is 2.28. The Labute approximate surface area is 135 Å². The van der Waals surface area contributed by atoms with Crippen LogP contribution in [0, 0.1) is 6.92 Å². The SMILES string of the molecule is Cc1csc(NC(=O)CSCc2c(Cl)cccc2Cl)n1. The van der Waals surface area contributed by atoms with Gasteiger partial charge in [0.05, 0.1) is 11.4 Å². The second-order valence-electron chi connectivity index (χ2n) is 4.04. The second kappa shape index (κ2) is 7.31. The van der Waals surface area contributed by atoms with Crippen molar-refractivity contribution >= 4 is 57.3 Å². The van der Waals surface area contributed by atoms with E-state index >= 15 is 0 Å². The molecule has 0 unspecified atom stereocenters. The number of aromatic nitrogens is 1. The smallest absolute Gasteiger partial charge is 0.236 e. The van der Waals surface area contributed by atoms with Crippen LogP contribution < -0.4 is 5.32 Å². The molecule has 106 valence electrons. The van der Waals surface area contributed by atoms with Gasteiger partial charge in [0.1, 0.15) is 0 Å².